The third-order valence-electron chi connectivity index (χ3n) is 8.50. The van der Waals surface area contributed by atoms with Gasteiger partial charge in [0, 0.05) is 35.8 Å². The highest BCUT2D eigenvalue weighted by molar-refractivity contribution is 6.00. The minimum Gasteiger partial charge on any atom is -0.339 e. The maximum atomic E-state index is 13.3. The number of rotatable bonds is 7. The third kappa shape index (κ3) is 7.61. The minimum atomic E-state index is -0.329. The Balaban J connectivity index is 1.23. The number of nitrogens with zero attached hydrogens (tertiary/aromatic N) is 4. The van der Waals surface area contributed by atoms with Gasteiger partial charge in [0.25, 0.3) is 5.91 Å². The molecule has 8 nitrogen and oxygen atoms in total. The normalized spacial score (nSPS) is 14.4. The number of urea groups is 1. The Morgan fingerprint density at radius 1 is 0.978 bits per heavy atom. The lowest BCUT2D eigenvalue weighted by Crippen LogP contribution is -2.39. The van der Waals surface area contributed by atoms with Crippen LogP contribution in [0.2, 0.25) is 0 Å². The van der Waals surface area contributed by atoms with Crippen LogP contribution in [0.15, 0.2) is 78.9 Å². The average molecular weight is 603 g/mol. The smallest absolute Gasteiger partial charge is 0.324 e. The zero-order chi connectivity index (χ0) is 32.1. The predicted octanol–water partition coefficient (Wildman–Crippen LogP) is 7.84. The second-order valence-electron chi connectivity index (χ2n) is 13.1. The molecule has 0 bridgehead atoms. The number of aromatic nitrogens is 2. The molecule has 5 rings (SSSR count). The van der Waals surface area contributed by atoms with E-state index in [4.69, 9.17) is 5.10 Å². The lowest BCUT2D eigenvalue weighted by Gasteiger charge is -2.32. The van der Waals surface area contributed by atoms with Gasteiger partial charge < -0.3 is 10.2 Å². The van der Waals surface area contributed by atoms with Crippen LogP contribution in [0.4, 0.5) is 16.3 Å². The molecule has 1 aliphatic rings. The summed E-state index contributed by atoms with van der Waals surface area (Å²) < 4.78 is 1.78. The first-order valence-corrected chi connectivity index (χ1v) is 15.6. The molecular weight excluding hydrogens is 560 g/mol. The van der Waals surface area contributed by atoms with E-state index in [2.05, 4.69) is 43.5 Å². The number of aryl methyl sites for hydroxylation is 1. The highest BCUT2D eigenvalue weighted by Gasteiger charge is 2.26. The molecule has 1 fully saturated rings. The van der Waals surface area contributed by atoms with E-state index in [-0.39, 0.29) is 23.3 Å². The van der Waals surface area contributed by atoms with E-state index in [0.717, 1.165) is 53.0 Å². The van der Waals surface area contributed by atoms with Gasteiger partial charge in [-0.1, -0.05) is 68.8 Å². The van der Waals surface area contributed by atoms with E-state index in [1.807, 2.05) is 91.5 Å². The van der Waals surface area contributed by atoms with Gasteiger partial charge in [-0.25, -0.2) is 9.48 Å². The van der Waals surface area contributed by atoms with Crippen molar-refractivity contribution in [1.29, 1.82) is 5.26 Å². The highest BCUT2D eigenvalue weighted by Crippen LogP contribution is 2.29. The van der Waals surface area contributed by atoms with Crippen molar-refractivity contribution in [2.24, 2.45) is 5.92 Å². The summed E-state index contributed by atoms with van der Waals surface area (Å²) in [6.07, 6.45) is 2.57. The summed E-state index contributed by atoms with van der Waals surface area (Å²) in [5.41, 5.74) is 6.06. The molecule has 2 heterocycles. The van der Waals surface area contributed by atoms with Gasteiger partial charge >= 0.3 is 6.03 Å². The standard InChI is InChI=1S/C37H42N6O2/c1-25-13-15-31(16-14-25)43-34(23-33(41-43)37(3,4)5)40-36(45)39-32-12-7-6-9-29(32)21-27-17-19-42(20-18-27)35(44)30-11-8-10-28(22-30)26(2)24-38/h6-16,22-23,26-27H,17-21H2,1-5H3,(H2,39,40,45). The minimum absolute atomic E-state index is 0.0127. The number of piperidine rings is 1. The van der Waals surface area contributed by atoms with E-state index in [9.17, 15) is 14.9 Å². The molecule has 1 aliphatic heterocycles. The molecule has 232 valence electrons. The Labute approximate surface area is 266 Å². The van der Waals surface area contributed by atoms with E-state index in [1.165, 1.54) is 0 Å². The van der Waals surface area contributed by atoms with Gasteiger partial charge in [0.15, 0.2) is 0 Å². The summed E-state index contributed by atoms with van der Waals surface area (Å²) in [6, 6.07) is 27.2. The van der Waals surface area contributed by atoms with Gasteiger partial charge in [0.1, 0.15) is 5.82 Å². The molecule has 3 aromatic carbocycles. The van der Waals surface area contributed by atoms with Crippen LogP contribution >= 0.6 is 0 Å². The molecular formula is C37H42N6O2. The van der Waals surface area contributed by atoms with Crippen LogP contribution in [0.5, 0.6) is 0 Å². The van der Waals surface area contributed by atoms with Gasteiger partial charge in [-0.05, 0) is 80.5 Å². The first-order chi connectivity index (χ1) is 21.5. The lowest BCUT2D eigenvalue weighted by atomic mass is 9.89. The van der Waals surface area contributed by atoms with E-state index >= 15 is 0 Å². The number of carbonyl (C=O) groups is 2. The summed E-state index contributed by atoms with van der Waals surface area (Å²) in [6.45, 7) is 11.5. The molecule has 0 saturated carbocycles. The summed E-state index contributed by atoms with van der Waals surface area (Å²) >= 11 is 0. The van der Waals surface area contributed by atoms with Crippen molar-refractivity contribution in [2.45, 2.75) is 65.2 Å². The second kappa shape index (κ2) is 13.4. The van der Waals surface area contributed by atoms with Crippen LogP contribution in [0.25, 0.3) is 5.69 Å². The Morgan fingerprint density at radius 2 is 1.69 bits per heavy atom. The van der Waals surface area contributed by atoms with Crippen molar-refractivity contribution in [1.82, 2.24) is 14.7 Å². The average Bonchev–Trinajstić information content (AvgIpc) is 3.46. The third-order valence-corrected chi connectivity index (χ3v) is 8.50. The number of hydrogen-bond donors (Lipinski definition) is 2. The number of benzene rings is 3. The first kappa shape index (κ1) is 31.5. The van der Waals surface area contributed by atoms with E-state index < -0.39 is 0 Å². The van der Waals surface area contributed by atoms with Crippen molar-refractivity contribution in [3.8, 4) is 11.8 Å². The molecule has 2 N–H and O–H groups in total. The van der Waals surface area contributed by atoms with Crippen molar-refractivity contribution in [2.75, 3.05) is 23.7 Å². The summed E-state index contributed by atoms with van der Waals surface area (Å²) in [4.78, 5) is 28.5. The predicted molar refractivity (Wildman–Crippen MR) is 179 cm³/mol. The number of carbonyl (C=O) groups excluding carboxylic acids is 2. The monoisotopic (exact) mass is 602 g/mol. The van der Waals surface area contributed by atoms with Crippen LogP contribution in [-0.2, 0) is 11.8 Å². The maximum absolute atomic E-state index is 13.3. The SMILES string of the molecule is Cc1ccc(-n2nc(C(C)(C)C)cc2NC(=O)Nc2ccccc2CC2CCN(C(=O)c3cccc(C(C)C#N)c3)CC2)cc1. The second-order valence-corrected chi connectivity index (χ2v) is 13.1. The van der Waals surface area contributed by atoms with Crippen molar-refractivity contribution < 1.29 is 9.59 Å². The van der Waals surface area contributed by atoms with E-state index in [1.54, 1.807) is 4.68 Å². The van der Waals surface area contributed by atoms with Crippen molar-refractivity contribution in [3.63, 3.8) is 0 Å². The van der Waals surface area contributed by atoms with Crippen LogP contribution in [0.3, 0.4) is 0 Å². The van der Waals surface area contributed by atoms with Gasteiger partial charge in [-0.3, -0.25) is 10.1 Å². The number of para-hydroxylation sites is 1. The number of anilines is 2. The van der Waals surface area contributed by atoms with E-state index in [0.29, 0.717) is 30.4 Å². The van der Waals surface area contributed by atoms with Crippen molar-refractivity contribution >= 4 is 23.4 Å². The molecule has 1 aromatic heterocycles. The molecule has 1 unspecified atom stereocenters. The molecule has 4 aromatic rings. The number of nitrogens with one attached hydrogen (secondary N) is 2. The topological polar surface area (TPSA) is 103 Å². The first-order valence-electron chi connectivity index (χ1n) is 15.6. The highest BCUT2D eigenvalue weighted by atomic mass is 16.2. The lowest BCUT2D eigenvalue weighted by molar-refractivity contribution is 0.0690. The molecule has 0 spiro atoms. The zero-order valence-electron chi connectivity index (χ0n) is 26.8. The Bertz CT molecular complexity index is 1700. The van der Waals surface area contributed by atoms with Crippen LogP contribution < -0.4 is 10.6 Å². The van der Waals surface area contributed by atoms with Crippen LogP contribution in [0, 0.1) is 24.2 Å². The number of nitriles is 1. The molecule has 3 amide bonds. The van der Waals surface area contributed by atoms with Crippen LogP contribution in [0.1, 0.15) is 79.2 Å². The maximum Gasteiger partial charge on any atom is 0.324 e. The largest absolute Gasteiger partial charge is 0.339 e. The molecule has 0 radical (unpaired) electrons. The number of hydrogen-bond acceptors (Lipinski definition) is 4. The zero-order valence-corrected chi connectivity index (χ0v) is 26.8. The van der Waals surface area contributed by atoms with Gasteiger partial charge in [0.2, 0.25) is 0 Å². The van der Waals surface area contributed by atoms with Gasteiger partial charge in [-0.2, -0.15) is 10.4 Å². The molecule has 1 atom stereocenters. The number of likely N-dealkylation sites (tertiary alicyclic amines) is 1. The fraction of sp³-hybridized carbons (Fsp3) is 0.351. The Hall–Kier alpha value is -4.90. The summed E-state index contributed by atoms with van der Waals surface area (Å²) in [5, 5.41) is 20.2. The fourth-order valence-electron chi connectivity index (χ4n) is 5.66. The van der Waals surface area contributed by atoms with Gasteiger partial charge in [-0.15, -0.1) is 0 Å². The molecule has 45 heavy (non-hydrogen) atoms. The van der Waals surface area contributed by atoms with Crippen LogP contribution in [-0.4, -0.2) is 39.7 Å². The Kier molecular flexibility index (Phi) is 9.38. The molecule has 0 aliphatic carbocycles. The summed E-state index contributed by atoms with van der Waals surface area (Å²) in [5.74, 6) is 0.750. The Morgan fingerprint density at radius 3 is 2.38 bits per heavy atom. The quantitative estimate of drug-likeness (QED) is 0.225. The number of amides is 3. The summed E-state index contributed by atoms with van der Waals surface area (Å²) in [7, 11) is 0. The molecule has 8 heteroatoms. The molecule has 1 saturated heterocycles. The fourth-order valence-corrected chi connectivity index (χ4v) is 5.66. The van der Waals surface area contributed by atoms with Crippen molar-refractivity contribution in [3.05, 3.63) is 107 Å². The van der Waals surface area contributed by atoms with Gasteiger partial charge in [0.05, 0.1) is 23.4 Å².